The van der Waals surface area contributed by atoms with Gasteiger partial charge in [-0.2, -0.15) is 0 Å². The third-order valence-electron chi connectivity index (χ3n) is 4.46. The first-order chi connectivity index (χ1) is 15.6. The minimum absolute atomic E-state index is 0.0449. The number of thiocarbonyl (C=S) groups is 1. The van der Waals surface area contributed by atoms with Crippen LogP contribution in [0.15, 0.2) is 72.2 Å². The van der Waals surface area contributed by atoms with Gasteiger partial charge in [0.1, 0.15) is 22.4 Å². The molecule has 5 rings (SSSR count). The Morgan fingerprint density at radius 1 is 0.938 bits per heavy atom. The number of hydrogen-bond acceptors (Lipinski definition) is 9. The molecule has 8 nitrogen and oxygen atoms in total. The second kappa shape index (κ2) is 8.77. The first-order valence-corrected chi connectivity index (χ1v) is 11.8. The average molecular weight is 482 g/mol. The lowest BCUT2D eigenvalue weighted by molar-refractivity contribution is -0.115. The van der Waals surface area contributed by atoms with Gasteiger partial charge in [-0.3, -0.25) is 10.1 Å². The van der Waals surface area contributed by atoms with E-state index in [4.69, 9.17) is 26.8 Å². The van der Waals surface area contributed by atoms with E-state index in [2.05, 4.69) is 20.3 Å². The number of amidine groups is 1. The summed E-state index contributed by atoms with van der Waals surface area (Å²) in [5, 5.41) is 2.59. The number of rotatable bonds is 6. The highest BCUT2D eigenvalue weighted by molar-refractivity contribution is 8.21. The number of benzene rings is 2. The molecule has 0 saturated carbocycles. The van der Waals surface area contributed by atoms with Crippen molar-refractivity contribution < 1.29 is 13.6 Å². The van der Waals surface area contributed by atoms with Crippen LogP contribution in [-0.2, 0) is 16.3 Å². The minimum Gasteiger partial charge on any atom is -0.440 e. The van der Waals surface area contributed by atoms with E-state index in [1.807, 2.05) is 48.5 Å². The lowest BCUT2D eigenvalue weighted by Gasteiger charge is -2.17. The molecule has 0 saturated heterocycles. The van der Waals surface area contributed by atoms with Crippen LogP contribution in [0.1, 0.15) is 11.8 Å². The number of aromatic nitrogens is 2. The number of amides is 1. The van der Waals surface area contributed by atoms with E-state index in [0.29, 0.717) is 38.7 Å². The van der Waals surface area contributed by atoms with Crippen LogP contribution >= 0.6 is 35.7 Å². The largest absolute Gasteiger partial charge is 0.440 e. The van der Waals surface area contributed by atoms with Crippen LogP contribution in [0.2, 0.25) is 0 Å². The number of nitrogens with zero attached hydrogens (tertiary/aromatic N) is 3. The Bertz CT molecular complexity index is 1280. The molecule has 1 aliphatic rings. The molecular weight excluding hydrogens is 466 g/mol. The molecule has 1 aliphatic heterocycles. The van der Waals surface area contributed by atoms with Crippen LogP contribution in [0.25, 0.3) is 22.2 Å². The molecule has 1 amide bonds. The zero-order valence-corrected chi connectivity index (χ0v) is 18.9. The van der Waals surface area contributed by atoms with Gasteiger partial charge in [0, 0.05) is 0 Å². The van der Waals surface area contributed by atoms with Gasteiger partial charge in [0.05, 0.1) is 15.7 Å². The van der Waals surface area contributed by atoms with E-state index in [0.717, 1.165) is 11.0 Å². The van der Waals surface area contributed by atoms with Gasteiger partial charge < -0.3 is 14.6 Å². The fourth-order valence-corrected chi connectivity index (χ4v) is 5.39. The van der Waals surface area contributed by atoms with Crippen LogP contribution in [0.3, 0.4) is 0 Å². The summed E-state index contributed by atoms with van der Waals surface area (Å²) in [6, 6.07) is 15.1. The van der Waals surface area contributed by atoms with Crippen molar-refractivity contribution in [1.82, 2.24) is 15.3 Å². The second-order valence-corrected chi connectivity index (χ2v) is 9.26. The third-order valence-corrected chi connectivity index (χ3v) is 7.08. The monoisotopic (exact) mass is 481 g/mol. The fraction of sp³-hybridized carbons (Fsp3) is 0.0952. The van der Waals surface area contributed by atoms with Crippen LogP contribution in [-0.4, -0.2) is 26.8 Å². The van der Waals surface area contributed by atoms with Crippen molar-refractivity contribution in [2.24, 2.45) is 10.7 Å². The number of oxazole rings is 2. The predicted molar refractivity (Wildman–Crippen MR) is 130 cm³/mol. The summed E-state index contributed by atoms with van der Waals surface area (Å²) in [5.41, 5.74) is 9.29. The summed E-state index contributed by atoms with van der Waals surface area (Å²) in [6.45, 7) is 0. The molecule has 0 bridgehead atoms. The molecule has 160 valence electrons. The summed E-state index contributed by atoms with van der Waals surface area (Å²) >= 11 is 7.74. The molecule has 2 aromatic carbocycles. The quantitative estimate of drug-likeness (QED) is 0.309. The molecule has 0 unspecified atom stereocenters. The molecule has 3 N–H and O–H groups in total. The molecule has 0 spiro atoms. The molecule has 11 heteroatoms. The Hall–Kier alpha value is -3.15. The highest BCUT2D eigenvalue weighted by Crippen LogP contribution is 2.37. The van der Waals surface area contributed by atoms with Crippen LogP contribution in [0, 0.1) is 0 Å². The second-order valence-electron chi connectivity index (χ2n) is 6.65. The lowest BCUT2D eigenvalue weighted by Crippen LogP contribution is -2.40. The number of para-hydroxylation sites is 4. The number of hydrogen-bond donors (Lipinski definition) is 2. The Kier molecular flexibility index (Phi) is 5.68. The van der Waals surface area contributed by atoms with Crippen molar-refractivity contribution in [3.63, 3.8) is 0 Å². The van der Waals surface area contributed by atoms with E-state index < -0.39 is 5.91 Å². The van der Waals surface area contributed by atoms with E-state index in [9.17, 15) is 4.79 Å². The van der Waals surface area contributed by atoms with Crippen molar-refractivity contribution in [1.29, 1.82) is 0 Å². The van der Waals surface area contributed by atoms with Crippen molar-refractivity contribution in [2.75, 3.05) is 0 Å². The topological polar surface area (TPSA) is 120 Å². The SMILES string of the molecule is NC1=NC(=S)NC(=O)C1=C(SCc1nc2ccccc2o1)SCc1nc2ccccc2o1. The van der Waals surface area contributed by atoms with Gasteiger partial charge in [0.15, 0.2) is 11.2 Å². The Morgan fingerprint density at radius 3 is 1.97 bits per heavy atom. The first kappa shape index (κ1) is 20.7. The fourth-order valence-electron chi connectivity index (χ4n) is 3.07. The zero-order valence-electron chi connectivity index (χ0n) is 16.4. The zero-order chi connectivity index (χ0) is 22.1. The van der Waals surface area contributed by atoms with Crippen molar-refractivity contribution >= 4 is 74.8 Å². The Morgan fingerprint density at radius 2 is 1.47 bits per heavy atom. The van der Waals surface area contributed by atoms with Crippen molar-refractivity contribution in [3.8, 4) is 0 Å². The lowest BCUT2D eigenvalue weighted by atomic mass is 10.2. The smallest absolute Gasteiger partial charge is 0.262 e. The number of fused-ring (bicyclic) bond motifs is 2. The highest BCUT2D eigenvalue weighted by atomic mass is 32.2. The molecule has 2 aromatic heterocycles. The highest BCUT2D eigenvalue weighted by Gasteiger charge is 2.26. The number of thioether (sulfide) groups is 2. The first-order valence-electron chi connectivity index (χ1n) is 9.45. The Balaban J connectivity index is 1.42. The number of nitrogens with two attached hydrogens (primary N) is 1. The van der Waals surface area contributed by atoms with Gasteiger partial charge in [-0.05, 0) is 36.5 Å². The maximum absolute atomic E-state index is 12.6. The van der Waals surface area contributed by atoms with Gasteiger partial charge in [0.25, 0.3) is 5.91 Å². The molecule has 0 aliphatic carbocycles. The van der Waals surface area contributed by atoms with Gasteiger partial charge in [-0.25, -0.2) is 15.0 Å². The van der Waals surface area contributed by atoms with E-state index >= 15 is 0 Å². The summed E-state index contributed by atoms with van der Waals surface area (Å²) in [6.07, 6.45) is 0. The molecular formula is C21H15N5O3S3. The van der Waals surface area contributed by atoms with Gasteiger partial charge in [0.2, 0.25) is 16.9 Å². The standard InChI is InChI=1S/C21H15N5O3S3/c22-18-17(19(27)26-21(30)25-18)20(31-9-15-23-11-5-1-3-7-13(11)28-15)32-10-16-24-12-6-2-4-8-14(12)29-16/h1-8H,9-10H2,(H3,22,25,26,27,30). The normalized spacial score (nSPS) is 14.1. The maximum Gasteiger partial charge on any atom is 0.262 e. The molecule has 0 fully saturated rings. The van der Waals surface area contributed by atoms with Crippen molar-refractivity contribution in [3.05, 3.63) is 70.1 Å². The van der Waals surface area contributed by atoms with E-state index in [1.165, 1.54) is 23.5 Å². The number of carbonyl (C=O) groups is 1. The summed E-state index contributed by atoms with van der Waals surface area (Å²) < 4.78 is 12.3. The predicted octanol–water partition coefficient (Wildman–Crippen LogP) is 4.12. The molecule has 32 heavy (non-hydrogen) atoms. The maximum atomic E-state index is 12.6. The van der Waals surface area contributed by atoms with Gasteiger partial charge in [-0.1, -0.05) is 24.3 Å². The van der Waals surface area contributed by atoms with E-state index in [1.54, 1.807) is 0 Å². The van der Waals surface area contributed by atoms with Crippen LogP contribution < -0.4 is 11.1 Å². The molecule has 3 heterocycles. The van der Waals surface area contributed by atoms with Crippen LogP contribution in [0.5, 0.6) is 0 Å². The minimum atomic E-state index is -0.396. The number of carbonyl (C=O) groups excluding carboxylic acids is 1. The molecule has 0 atom stereocenters. The Labute approximate surface area is 195 Å². The summed E-state index contributed by atoms with van der Waals surface area (Å²) in [4.78, 5) is 25.7. The molecule has 4 aromatic rings. The summed E-state index contributed by atoms with van der Waals surface area (Å²) in [7, 11) is 0. The van der Waals surface area contributed by atoms with Gasteiger partial charge >= 0.3 is 0 Å². The molecule has 0 radical (unpaired) electrons. The van der Waals surface area contributed by atoms with Crippen LogP contribution in [0.4, 0.5) is 0 Å². The number of nitrogens with one attached hydrogen (secondary N) is 1. The van der Waals surface area contributed by atoms with Crippen molar-refractivity contribution in [2.45, 2.75) is 11.5 Å². The number of aliphatic imine (C=N–C) groups is 1. The van der Waals surface area contributed by atoms with E-state index in [-0.39, 0.29) is 16.5 Å². The summed E-state index contributed by atoms with van der Waals surface area (Å²) in [5.74, 6) is 1.56. The average Bonchev–Trinajstić information content (AvgIpc) is 3.37. The van der Waals surface area contributed by atoms with Gasteiger partial charge in [-0.15, -0.1) is 23.5 Å². The third kappa shape index (κ3) is 4.27.